The lowest BCUT2D eigenvalue weighted by Crippen LogP contribution is -2.46. The molecule has 312 valence electrons. The SMILES string of the molecule is CC/C=C/C=C/C=C\C=C/CCCCCC(=O)OC(CCC/C=C\CCCCCCCCC)CC(=O)NC(CO)C(O)CCCCCCCCCCCC. The monoisotopic (exact) mass is 756 g/mol. The maximum absolute atomic E-state index is 13.1. The van der Waals surface area contributed by atoms with E-state index >= 15 is 0 Å². The summed E-state index contributed by atoms with van der Waals surface area (Å²) in [6.45, 7) is 6.29. The summed E-state index contributed by atoms with van der Waals surface area (Å²) in [6, 6.07) is -0.717. The Balaban J connectivity index is 4.72. The first-order chi connectivity index (χ1) is 26.5. The van der Waals surface area contributed by atoms with E-state index in [2.05, 4.69) is 56.5 Å². The van der Waals surface area contributed by atoms with Crippen LogP contribution in [0.15, 0.2) is 60.8 Å². The Labute approximate surface area is 333 Å². The fourth-order valence-corrected chi connectivity index (χ4v) is 6.50. The van der Waals surface area contributed by atoms with Crippen molar-refractivity contribution < 1.29 is 24.5 Å². The van der Waals surface area contributed by atoms with E-state index in [1.807, 2.05) is 30.4 Å². The predicted octanol–water partition coefficient (Wildman–Crippen LogP) is 12.9. The molecule has 0 heterocycles. The molecule has 6 nitrogen and oxygen atoms in total. The van der Waals surface area contributed by atoms with Gasteiger partial charge < -0.3 is 20.3 Å². The third kappa shape index (κ3) is 36.5. The van der Waals surface area contributed by atoms with Gasteiger partial charge in [0.05, 0.1) is 25.2 Å². The lowest BCUT2D eigenvalue weighted by Gasteiger charge is -2.24. The Morgan fingerprint density at radius 2 is 1.04 bits per heavy atom. The van der Waals surface area contributed by atoms with Crippen molar-refractivity contribution >= 4 is 11.9 Å². The molecule has 3 atom stereocenters. The van der Waals surface area contributed by atoms with Crippen molar-refractivity contribution in [2.24, 2.45) is 0 Å². The van der Waals surface area contributed by atoms with Crippen LogP contribution in [0.4, 0.5) is 0 Å². The number of carbonyl (C=O) groups is 2. The number of carbonyl (C=O) groups excluding carboxylic acids is 2. The fraction of sp³-hybridized carbons (Fsp3) is 0.750. The molecule has 0 aromatic carbocycles. The Morgan fingerprint density at radius 3 is 1.61 bits per heavy atom. The molecule has 0 aromatic heterocycles. The van der Waals surface area contributed by atoms with Gasteiger partial charge in [0.2, 0.25) is 5.91 Å². The number of hydrogen-bond donors (Lipinski definition) is 3. The van der Waals surface area contributed by atoms with Crippen molar-refractivity contribution in [3.63, 3.8) is 0 Å². The lowest BCUT2D eigenvalue weighted by molar-refractivity contribution is -0.151. The Hall–Kier alpha value is -2.44. The van der Waals surface area contributed by atoms with Crippen molar-refractivity contribution in [2.45, 2.75) is 225 Å². The maximum Gasteiger partial charge on any atom is 0.306 e. The van der Waals surface area contributed by atoms with Crippen molar-refractivity contribution in [3.8, 4) is 0 Å². The average molecular weight is 756 g/mol. The van der Waals surface area contributed by atoms with Crippen LogP contribution < -0.4 is 5.32 Å². The van der Waals surface area contributed by atoms with Gasteiger partial charge in [0.25, 0.3) is 0 Å². The summed E-state index contributed by atoms with van der Waals surface area (Å²) < 4.78 is 5.86. The first-order valence-electron chi connectivity index (χ1n) is 22.6. The number of hydrogen-bond acceptors (Lipinski definition) is 5. The van der Waals surface area contributed by atoms with E-state index in [9.17, 15) is 19.8 Å². The first-order valence-corrected chi connectivity index (χ1v) is 22.6. The van der Waals surface area contributed by atoms with Gasteiger partial charge in [-0.3, -0.25) is 9.59 Å². The van der Waals surface area contributed by atoms with Gasteiger partial charge in [-0.05, 0) is 64.2 Å². The predicted molar refractivity (Wildman–Crippen MR) is 232 cm³/mol. The number of amides is 1. The zero-order valence-corrected chi connectivity index (χ0v) is 35.3. The topological polar surface area (TPSA) is 95.9 Å². The minimum atomic E-state index is -0.800. The summed E-state index contributed by atoms with van der Waals surface area (Å²) in [5.74, 6) is -0.554. The molecule has 0 saturated heterocycles. The molecule has 0 saturated carbocycles. The zero-order chi connectivity index (χ0) is 39.6. The summed E-state index contributed by atoms with van der Waals surface area (Å²) in [4.78, 5) is 25.9. The van der Waals surface area contributed by atoms with Crippen LogP contribution in [-0.4, -0.2) is 46.9 Å². The van der Waals surface area contributed by atoms with Gasteiger partial charge in [0.15, 0.2) is 0 Å². The summed E-state index contributed by atoms with van der Waals surface area (Å²) in [5.41, 5.74) is 0. The van der Waals surface area contributed by atoms with Gasteiger partial charge in [-0.1, -0.05) is 191 Å². The molecule has 0 aliphatic rings. The van der Waals surface area contributed by atoms with E-state index in [0.29, 0.717) is 19.3 Å². The normalized spacial score (nSPS) is 13.9. The molecule has 0 bridgehead atoms. The molecule has 0 spiro atoms. The minimum Gasteiger partial charge on any atom is -0.462 e. The number of ether oxygens (including phenoxy) is 1. The number of allylic oxidation sites excluding steroid dienone is 10. The van der Waals surface area contributed by atoms with Gasteiger partial charge in [0, 0.05) is 6.42 Å². The highest BCUT2D eigenvalue weighted by Gasteiger charge is 2.24. The molecule has 0 fully saturated rings. The quantitative estimate of drug-likeness (QED) is 0.0251. The van der Waals surface area contributed by atoms with E-state index in [-0.39, 0.29) is 24.9 Å². The van der Waals surface area contributed by atoms with Crippen LogP contribution >= 0.6 is 0 Å². The fourth-order valence-electron chi connectivity index (χ4n) is 6.50. The van der Waals surface area contributed by atoms with Crippen LogP contribution in [0.2, 0.25) is 0 Å². The molecule has 1 amide bonds. The molecule has 0 radical (unpaired) electrons. The first kappa shape index (κ1) is 51.6. The van der Waals surface area contributed by atoms with Gasteiger partial charge in [-0.15, -0.1) is 0 Å². The van der Waals surface area contributed by atoms with Gasteiger partial charge in [0.1, 0.15) is 6.10 Å². The van der Waals surface area contributed by atoms with Crippen molar-refractivity contribution in [1.82, 2.24) is 5.32 Å². The molecule has 6 heteroatoms. The summed E-state index contributed by atoms with van der Waals surface area (Å²) in [6.07, 6.45) is 50.0. The number of aliphatic hydroxyl groups excluding tert-OH is 2. The van der Waals surface area contributed by atoms with E-state index < -0.39 is 18.2 Å². The van der Waals surface area contributed by atoms with Crippen molar-refractivity contribution in [3.05, 3.63) is 60.8 Å². The van der Waals surface area contributed by atoms with Crippen LogP contribution in [0, 0.1) is 0 Å². The maximum atomic E-state index is 13.1. The van der Waals surface area contributed by atoms with Crippen molar-refractivity contribution in [1.29, 1.82) is 0 Å². The Morgan fingerprint density at radius 1 is 0.556 bits per heavy atom. The molecule has 0 aromatic rings. The van der Waals surface area contributed by atoms with E-state index in [0.717, 1.165) is 70.6 Å². The smallest absolute Gasteiger partial charge is 0.306 e. The standard InChI is InChI=1S/C48H85NO5/c1-4-7-10-13-16-19-22-24-26-29-32-35-38-41-48(53)54-44(39-36-33-30-27-25-23-20-17-14-11-8-5-2)42-47(52)49-45(43-50)46(51)40-37-34-31-28-21-18-15-12-9-6-3/h7,10,13,16,19,22,24,26-27,30,44-46,50-51H,4-6,8-9,11-12,14-15,17-18,20-21,23,25,28-29,31-43H2,1-3H3,(H,49,52)/b10-7+,16-13+,22-19-,26-24-,30-27-. The van der Waals surface area contributed by atoms with Crippen molar-refractivity contribution in [2.75, 3.05) is 6.61 Å². The van der Waals surface area contributed by atoms with Crippen LogP contribution in [0.3, 0.4) is 0 Å². The molecule has 3 unspecified atom stereocenters. The molecule has 0 rings (SSSR count). The average Bonchev–Trinajstić information content (AvgIpc) is 3.16. The third-order valence-electron chi connectivity index (χ3n) is 9.93. The number of unbranched alkanes of at least 4 members (excludes halogenated alkanes) is 20. The van der Waals surface area contributed by atoms with Crippen LogP contribution in [-0.2, 0) is 14.3 Å². The summed E-state index contributed by atoms with van der Waals surface area (Å²) >= 11 is 0. The second kappa shape index (κ2) is 41.7. The minimum absolute atomic E-state index is 0.0390. The highest BCUT2D eigenvalue weighted by molar-refractivity contribution is 5.77. The van der Waals surface area contributed by atoms with E-state index in [4.69, 9.17) is 4.74 Å². The lowest BCUT2D eigenvalue weighted by atomic mass is 10.0. The van der Waals surface area contributed by atoms with Gasteiger partial charge >= 0.3 is 5.97 Å². The zero-order valence-electron chi connectivity index (χ0n) is 35.3. The van der Waals surface area contributed by atoms with Crippen LogP contribution in [0.1, 0.15) is 207 Å². The van der Waals surface area contributed by atoms with Crippen LogP contribution in [0.5, 0.6) is 0 Å². The van der Waals surface area contributed by atoms with E-state index in [1.54, 1.807) is 0 Å². The number of rotatable bonds is 39. The second-order valence-electron chi connectivity index (χ2n) is 15.2. The molecule has 3 N–H and O–H groups in total. The number of nitrogens with one attached hydrogen (secondary N) is 1. The third-order valence-corrected chi connectivity index (χ3v) is 9.93. The molecule has 0 aliphatic heterocycles. The molecular weight excluding hydrogens is 671 g/mol. The highest BCUT2D eigenvalue weighted by atomic mass is 16.5. The Bertz CT molecular complexity index is 984. The number of aliphatic hydroxyl groups is 2. The molecule has 54 heavy (non-hydrogen) atoms. The number of esters is 1. The second-order valence-corrected chi connectivity index (χ2v) is 15.2. The van der Waals surface area contributed by atoms with Gasteiger partial charge in [-0.25, -0.2) is 0 Å². The Kier molecular flexibility index (Phi) is 39.8. The summed E-state index contributed by atoms with van der Waals surface area (Å²) in [7, 11) is 0. The summed E-state index contributed by atoms with van der Waals surface area (Å²) in [5, 5.41) is 23.6. The van der Waals surface area contributed by atoms with E-state index in [1.165, 1.54) is 89.9 Å². The van der Waals surface area contributed by atoms with Crippen LogP contribution in [0.25, 0.3) is 0 Å². The largest absolute Gasteiger partial charge is 0.462 e. The van der Waals surface area contributed by atoms with Gasteiger partial charge in [-0.2, -0.15) is 0 Å². The molecular formula is C48H85NO5. The highest BCUT2D eigenvalue weighted by Crippen LogP contribution is 2.16. The molecule has 0 aliphatic carbocycles.